The zero-order chi connectivity index (χ0) is 18.0. The minimum Gasteiger partial charge on any atom is -0.378 e. The number of nitriles is 1. The van der Waals surface area contributed by atoms with Crippen LogP contribution in [0.15, 0.2) is 59.4 Å². The van der Waals surface area contributed by atoms with E-state index in [-0.39, 0.29) is 0 Å². The van der Waals surface area contributed by atoms with Crippen LogP contribution in [0, 0.1) is 11.3 Å². The van der Waals surface area contributed by atoms with Crippen molar-refractivity contribution in [2.75, 3.05) is 31.8 Å². The van der Waals surface area contributed by atoms with Crippen molar-refractivity contribution >= 4 is 16.5 Å². The lowest BCUT2D eigenvalue weighted by Crippen LogP contribution is -2.34. The maximum absolute atomic E-state index is 12.1. The first-order valence-electron chi connectivity index (χ1n) is 7.91. The zero-order valence-corrected chi connectivity index (χ0v) is 15.3. The third-order valence-corrected chi connectivity index (χ3v) is 5.52. The molecule has 2 heterocycles. The fraction of sp³-hybridized carbons (Fsp3) is 0.263. The van der Waals surface area contributed by atoms with E-state index in [2.05, 4.69) is 16.4 Å². The van der Waals surface area contributed by atoms with E-state index in [0.29, 0.717) is 17.1 Å². The maximum Gasteiger partial charge on any atom is 0.114 e. The highest BCUT2D eigenvalue weighted by Crippen LogP contribution is 2.43. The Bertz CT molecular complexity index is 869. The van der Waals surface area contributed by atoms with Gasteiger partial charge in [-0.1, -0.05) is 18.2 Å². The second-order valence-electron chi connectivity index (χ2n) is 6.21. The molecule has 6 heteroatoms. The third-order valence-electron chi connectivity index (χ3n) is 4.60. The molecule has 0 bridgehead atoms. The van der Waals surface area contributed by atoms with Crippen molar-refractivity contribution in [1.29, 1.82) is 5.26 Å². The zero-order valence-electron chi connectivity index (χ0n) is 14.5. The Hall–Kier alpha value is -2.65. The van der Waals surface area contributed by atoms with E-state index in [1.54, 1.807) is 18.6 Å². The summed E-state index contributed by atoms with van der Waals surface area (Å²) in [5.41, 5.74) is 2.79. The number of pyridine rings is 1. The average Bonchev–Trinajstić information content (AvgIpc) is 3.03. The quantitative estimate of drug-likeness (QED) is 0.913. The Morgan fingerprint density at radius 2 is 1.96 bits per heavy atom. The summed E-state index contributed by atoms with van der Waals surface area (Å²) in [4.78, 5) is 6.27. The monoisotopic (exact) mass is 352 g/mol. The lowest BCUT2D eigenvalue weighted by molar-refractivity contribution is 0.627. The molecule has 1 aromatic carbocycles. The SMILES string of the molecule is CN(C)c1ccc(C2(c3cccnc3)CNC(S(C)=O)=C2C#N)cc1. The van der Waals surface area contributed by atoms with Gasteiger partial charge in [0.25, 0.3) is 0 Å². The molecule has 25 heavy (non-hydrogen) atoms. The van der Waals surface area contributed by atoms with Crippen molar-refractivity contribution in [2.24, 2.45) is 0 Å². The molecule has 2 atom stereocenters. The van der Waals surface area contributed by atoms with Crippen molar-refractivity contribution in [3.63, 3.8) is 0 Å². The molecule has 1 aromatic heterocycles. The first kappa shape index (κ1) is 17.2. The highest BCUT2D eigenvalue weighted by molar-refractivity contribution is 7.88. The van der Waals surface area contributed by atoms with Crippen molar-refractivity contribution < 1.29 is 4.21 Å². The van der Waals surface area contributed by atoms with Crippen LogP contribution in [0.1, 0.15) is 11.1 Å². The van der Waals surface area contributed by atoms with E-state index in [1.165, 1.54) is 0 Å². The van der Waals surface area contributed by atoms with Crippen LogP contribution in [0.2, 0.25) is 0 Å². The summed E-state index contributed by atoms with van der Waals surface area (Å²) in [5.74, 6) is 0. The van der Waals surface area contributed by atoms with Gasteiger partial charge in [0.2, 0.25) is 0 Å². The van der Waals surface area contributed by atoms with Crippen LogP contribution in [0.5, 0.6) is 0 Å². The normalized spacial score (nSPS) is 20.7. The molecular weight excluding hydrogens is 332 g/mol. The molecule has 3 rings (SSSR count). The van der Waals surface area contributed by atoms with Gasteiger partial charge >= 0.3 is 0 Å². The van der Waals surface area contributed by atoms with Crippen LogP contribution in [-0.4, -0.2) is 36.1 Å². The fourth-order valence-corrected chi connectivity index (χ4v) is 4.08. The Kier molecular flexibility index (Phi) is 4.60. The Morgan fingerprint density at radius 1 is 1.24 bits per heavy atom. The van der Waals surface area contributed by atoms with E-state index in [9.17, 15) is 9.47 Å². The number of rotatable bonds is 4. The standard InChI is InChI=1S/C19H20N4OS/c1-23(2)16-8-6-14(7-9-16)19(15-5-4-10-21-12-15)13-22-18(25(3)24)17(19)11-20/h4-10,12,22H,13H2,1-3H3. The summed E-state index contributed by atoms with van der Waals surface area (Å²) in [6.45, 7) is 0.484. The van der Waals surface area contributed by atoms with Gasteiger partial charge in [0.05, 0.1) is 27.9 Å². The van der Waals surface area contributed by atoms with Crippen LogP contribution in [0.3, 0.4) is 0 Å². The largest absolute Gasteiger partial charge is 0.378 e. The van der Waals surface area contributed by atoms with E-state index < -0.39 is 16.2 Å². The number of nitrogens with one attached hydrogen (secondary N) is 1. The van der Waals surface area contributed by atoms with E-state index in [0.717, 1.165) is 16.8 Å². The number of nitrogens with zero attached hydrogens (tertiary/aromatic N) is 3. The molecule has 0 radical (unpaired) electrons. The molecule has 0 saturated heterocycles. The van der Waals surface area contributed by atoms with Gasteiger partial charge in [0.15, 0.2) is 0 Å². The number of hydrogen-bond donors (Lipinski definition) is 1. The van der Waals surface area contributed by atoms with Crippen LogP contribution in [0.25, 0.3) is 0 Å². The molecule has 1 aliphatic heterocycles. The van der Waals surface area contributed by atoms with Crippen LogP contribution >= 0.6 is 0 Å². The molecule has 0 amide bonds. The van der Waals surface area contributed by atoms with Gasteiger partial charge in [-0.25, -0.2) is 0 Å². The Labute approximate surface area is 150 Å². The van der Waals surface area contributed by atoms with Gasteiger partial charge in [-0.3, -0.25) is 9.19 Å². The molecule has 0 fully saturated rings. The molecule has 0 saturated carbocycles. The van der Waals surface area contributed by atoms with Crippen LogP contribution in [-0.2, 0) is 16.2 Å². The Morgan fingerprint density at radius 3 is 2.48 bits per heavy atom. The smallest absolute Gasteiger partial charge is 0.114 e. The summed E-state index contributed by atoms with van der Waals surface area (Å²) in [6.07, 6.45) is 5.08. The van der Waals surface area contributed by atoms with E-state index in [4.69, 9.17) is 0 Å². The van der Waals surface area contributed by atoms with Crippen molar-refractivity contribution in [2.45, 2.75) is 5.41 Å². The molecule has 1 aliphatic rings. The van der Waals surface area contributed by atoms with Crippen molar-refractivity contribution in [1.82, 2.24) is 10.3 Å². The van der Waals surface area contributed by atoms with Gasteiger partial charge in [-0.2, -0.15) is 5.26 Å². The van der Waals surface area contributed by atoms with Gasteiger partial charge in [0, 0.05) is 45.0 Å². The predicted molar refractivity (Wildman–Crippen MR) is 100 cm³/mol. The summed E-state index contributed by atoms with van der Waals surface area (Å²) in [5, 5.41) is 13.6. The molecular formula is C19H20N4OS. The predicted octanol–water partition coefficient (Wildman–Crippen LogP) is 2.15. The Balaban J connectivity index is 2.25. The molecule has 5 nitrogen and oxygen atoms in total. The fourth-order valence-electron chi connectivity index (χ4n) is 3.29. The van der Waals surface area contributed by atoms with Crippen LogP contribution in [0.4, 0.5) is 5.69 Å². The number of hydrogen-bond acceptors (Lipinski definition) is 5. The van der Waals surface area contributed by atoms with Gasteiger partial charge in [-0.05, 0) is 29.3 Å². The summed E-state index contributed by atoms with van der Waals surface area (Å²) in [7, 11) is 2.72. The minimum absolute atomic E-state index is 0.484. The maximum atomic E-state index is 12.1. The van der Waals surface area contributed by atoms with Crippen molar-refractivity contribution in [3.8, 4) is 6.07 Å². The lowest BCUT2D eigenvalue weighted by Gasteiger charge is -2.30. The number of anilines is 1. The molecule has 1 N–H and O–H groups in total. The highest BCUT2D eigenvalue weighted by atomic mass is 32.2. The van der Waals surface area contributed by atoms with Crippen molar-refractivity contribution in [3.05, 3.63) is 70.5 Å². The number of benzene rings is 1. The first-order valence-corrected chi connectivity index (χ1v) is 9.47. The third kappa shape index (κ3) is 2.81. The second kappa shape index (κ2) is 6.69. The lowest BCUT2D eigenvalue weighted by atomic mass is 9.71. The van der Waals surface area contributed by atoms with E-state index in [1.807, 2.05) is 55.4 Å². The first-order chi connectivity index (χ1) is 12.0. The van der Waals surface area contributed by atoms with Gasteiger partial charge in [-0.15, -0.1) is 0 Å². The average molecular weight is 352 g/mol. The molecule has 0 aliphatic carbocycles. The molecule has 128 valence electrons. The summed E-state index contributed by atoms with van der Waals surface area (Å²) < 4.78 is 12.1. The topological polar surface area (TPSA) is 69.0 Å². The van der Waals surface area contributed by atoms with Crippen LogP contribution < -0.4 is 10.2 Å². The molecule has 2 aromatic rings. The van der Waals surface area contributed by atoms with Gasteiger partial charge < -0.3 is 10.2 Å². The molecule has 0 spiro atoms. The minimum atomic E-state index is -1.26. The second-order valence-corrected chi connectivity index (χ2v) is 7.53. The van der Waals surface area contributed by atoms with E-state index >= 15 is 0 Å². The number of aromatic nitrogens is 1. The highest BCUT2D eigenvalue weighted by Gasteiger charge is 2.45. The summed E-state index contributed by atoms with van der Waals surface area (Å²) >= 11 is 0. The molecule has 2 unspecified atom stereocenters. The van der Waals surface area contributed by atoms with Gasteiger partial charge in [0.1, 0.15) is 5.03 Å². The summed E-state index contributed by atoms with van der Waals surface area (Å²) in [6, 6.07) is 14.3.